The van der Waals surface area contributed by atoms with Crippen LogP contribution in [-0.2, 0) is 16.6 Å². The van der Waals surface area contributed by atoms with Crippen molar-refractivity contribution in [1.29, 1.82) is 0 Å². The fraction of sp³-hybridized carbons (Fsp3) is 0.194. The Balaban J connectivity index is 1.57. The maximum absolute atomic E-state index is 13.7. The molecular weight excluding hydrogens is 532 g/mol. The molecule has 0 saturated heterocycles. The van der Waals surface area contributed by atoms with Gasteiger partial charge >= 0.3 is 0 Å². The lowest BCUT2D eigenvalue weighted by Gasteiger charge is -2.26. The molecule has 1 N–H and O–H groups in total. The number of halogens is 1. The molecule has 4 aromatic carbocycles. The number of rotatable bonds is 10. The Morgan fingerprint density at radius 3 is 2.23 bits per heavy atom. The summed E-state index contributed by atoms with van der Waals surface area (Å²) in [5.74, 6) is 0.551. The molecule has 1 atom stereocenters. The van der Waals surface area contributed by atoms with Gasteiger partial charge in [-0.3, -0.25) is 9.10 Å². The number of carbonyl (C=O) groups excluding carboxylic acids is 1. The fourth-order valence-electron chi connectivity index (χ4n) is 4.30. The number of benzene rings is 4. The summed E-state index contributed by atoms with van der Waals surface area (Å²) in [5.41, 5.74) is 3.48. The van der Waals surface area contributed by atoms with E-state index in [1.807, 2.05) is 38.1 Å². The molecule has 0 aliphatic rings. The van der Waals surface area contributed by atoms with Crippen LogP contribution in [0.15, 0.2) is 102 Å². The predicted octanol–water partition coefficient (Wildman–Crippen LogP) is 6.93. The lowest BCUT2D eigenvalue weighted by atomic mass is 10.0. The summed E-state index contributed by atoms with van der Waals surface area (Å²) in [7, 11) is -2.27. The standard InChI is InChI=1S/C31H31ClN2O4S/c1-4-29(24-15-18-27(38-3)19-16-24)33-31(35)25-13-11-23(12-14-25)21-34(30-20-26(32)17-10-22(30)2)39(36,37)28-8-6-5-7-9-28/h5-20,29H,4,21H2,1-3H3,(H,33,35)/t29-/m0/s1. The van der Waals surface area contributed by atoms with Crippen LogP contribution >= 0.6 is 11.6 Å². The van der Waals surface area contributed by atoms with E-state index in [9.17, 15) is 13.2 Å². The molecule has 0 aliphatic heterocycles. The van der Waals surface area contributed by atoms with Crippen molar-refractivity contribution in [3.05, 3.63) is 124 Å². The molecule has 39 heavy (non-hydrogen) atoms. The molecule has 0 aliphatic carbocycles. The maximum atomic E-state index is 13.7. The summed E-state index contributed by atoms with van der Waals surface area (Å²) in [6, 6.07) is 27.9. The van der Waals surface area contributed by atoms with Crippen LogP contribution in [-0.4, -0.2) is 21.4 Å². The van der Waals surface area contributed by atoms with E-state index in [0.717, 1.165) is 28.9 Å². The van der Waals surface area contributed by atoms with Crippen LogP contribution in [0.3, 0.4) is 0 Å². The van der Waals surface area contributed by atoms with Gasteiger partial charge in [-0.15, -0.1) is 0 Å². The second kappa shape index (κ2) is 12.4. The zero-order valence-electron chi connectivity index (χ0n) is 22.1. The molecule has 6 nitrogen and oxygen atoms in total. The Morgan fingerprint density at radius 1 is 0.949 bits per heavy atom. The summed E-state index contributed by atoms with van der Waals surface area (Å²) in [6.07, 6.45) is 0.724. The second-order valence-electron chi connectivity index (χ2n) is 9.16. The molecule has 0 spiro atoms. The summed E-state index contributed by atoms with van der Waals surface area (Å²) < 4.78 is 34.0. The fourth-order valence-corrected chi connectivity index (χ4v) is 5.99. The molecule has 0 unspecified atom stereocenters. The quantitative estimate of drug-likeness (QED) is 0.227. The van der Waals surface area contributed by atoms with Crippen LogP contribution in [0.1, 0.15) is 46.4 Å². The SMILES string of the molecule is CC[C@H](NC(=O)c1ccc(CN(c2cc(Cl)ccc2C)S(=O)(=O)c2ccccc2)cc1)c1ccc(OC)cc1. The first-order valence-corrected chi connectivity index (χ1v) is 14.4. The lowest BCUT2D eigenvalue weighted by molar-refractivity contribution is 0.0935. The van der Waals surface area contributed by atoms with Crippen LogP contribution < -0.4 is 14.4 Å². The largest absolute Gasteiger partial charge is 0.497 e. The Labute approximate surface area is 235 Å². The number of carbonyl (C=O) groups is 1. The molecule has 0 heterocycles. The van der Waals surface area contributed by atoms with Gasteiger partial charge in [0.2, 0.25) is 0 Å². The van der Waals surface area contributed by atoms with Crippen LogP contribution in [0.4, 0.5) is 5.69 Å². The monoisotopic (exact) mass is 562 g/mol. The first-order chi connectivity index (χ1) is 18.7. The maximum Gasteiger partial charge on any atom is 0.264 e. The Morgan fingerprint density at radius 2 is 1.62 bits per heavy atom. The number of hydrogen-bond donors (Lipinski definition) is 1. The smallest absolute Gasteiger partial charge is 0.264 e. The first-order valence-electron chi connectivity index (χ1n) is 12.6. The number of nitrogens with zero attached hydrogens (tertiary/aromatic N) is 1. The van der Waals surface area contributed by atoms with Crippen LogP contribution in [0.5, 0.6) is 5.75 Å². The number of methoxy groups -OCH3 is 1. The predicted molar refractivity (Wildman–Crippen MR) is 156 cm³/mol. The average Bonchev–Trinajstić information content (AvgIpc) is 2.96. The molecule has 0 fully saturated rings. The highest BCUT2D eigenvalue weighted by Gasteiger charge is 2.26. The number of anilines is 1. The first kappa shape index (κ1) is 28.2. The molecule has 0 aromatic heterocycles. The zero-order valence-corrected chi connectivity index (χ0v) is 23.7. The van der Waals surface area contributed by atoms with Gasteiger partial charge in [-0.1, -0.05) is 67.1 Å². The highest BCUT2D eigenvalue weighted by atomic mass is 35.5. The highest BCUT2D eigenvalue weighted by Crippen LogP contribution is 2.31. The summed E-state index contributed by atoms with van der Waals surface area (Å²) >= 11 is 6.26. The van der Waals surface area contributed by atoms with E-state index in [0.29, 0.717) is 16.3 Å². The number of ether oxygens (including phenoxy) is 1. The Bertz CT molecular complexity index is 1520. The number of hydrogen-bond acceptors (Lipinski definition) is 4. The topological polar surface area (TPSA) is 75.7 Å². The van der Waals surface area contributed by atoms with Crippen molar-refractivity contribution < 1.29 is 17.9 Å². The molecule has 0 radical (unpaired) electrons. The van der Waals surface area contributed by atoms with Gasteiger partial charge in [0.1, 0.15) is 5.75 Å². The summed E-state index contributed by atoms with van der Waals surface area (Å²) in [5, 5.41) is 3.52. The van der Waals surface area contributed by atoms with Gasteiger partial charge < -0.3 is 10.1 Å². The lowest BCUT2D eigenvalue weighted by Crippen LogP contribution is -2.31. The molecule has 4 rings (SSSR count). The van der Waals surface area contributed by atoms with Crippen molar-refractivity contribution in [2.45, 2.75) is 37.8 Å². The molecule has 0 saturated carbocycles. The van der Waals surface area contributed by atoms with Crippen molar-refractivity contribution >= 4 is 33.2 Å². The van der Waals surface area contributed by atoms with E-state index in [-0.39, 0.29) is 23.4 Å². The van der Waals surface area contributed by atoms with E-state index >= 15 is 0 Å². The normalized spacial score (nSPS) is 12.0. The van der Waals surface area contributed by atoms with E-state index in [4.69, 9.17) is 16.3 Å². The van der Waals surface area contributed by atoms with Gasteiger partial charge in [0, 0.05) is 10.6 Å². The van der Waals surface area contributed by atoms with Crippen molar-refractivity contribution in [2.75, 3.05) is 11.4 Å². The minimum atomic E-state index is -3.89. The third-order valence-electron chi connectivity index (χ3n) is 6.55. The van der Waals surface area contributed by atoms with E-state index in [1.165, 1.54) is 4.31 Å². The van der Waals surface area contributed by atoms with E-state index < -0.39 is 10.0 Å². The molecule has 0 bridgehead atoms. The van der Waals surface area contributed by atoms with Crippen molar-refractivity contribution in [3.63, 3.8) is 0 Å². The molecular formula is C31H31ClN2O4S. The number of aryl methyl sites for hydroxylation is 1. The average molecular weight is 563 g/mol. The van der Waals surface area contributed by atoms with Crippen molar-refractivity contribution in [1.82, 2.24) is 5.32 Å². The Hall–Kier alpha value is -3.81. The van der Waals surface area contributed by atoms with Gasteiger partial charge in [-0.2, -0.15) is 0 Å². The molecule has 1 amide bonds. The van der Waals surface area contributed by atoms with Gasteiger partial charge in [-0.25, -0.2) is 8.42 Å². The molecule has 4 aromatic rings. The van der Waals surface area contributed by atoms with Gasteiger partial charge in [0.25, 0.3) is 15.9 Å². The van der Waals surface area contributed by atoms with Gasteiger partial charge in [0.15, 0.2) is 0 Å². The van der Waals surface area contributed by atoms with E-state index in [1.54, 1.807) is 79.9 Å². The van der Waals surface area contributed by atoms with Crippen molar-refractivity contribution in [2.24, 2.45) is 0 Å². The molecule has 202 valence electrons. The van der Waals surface area contributed by atoms with Crippen LogP contribution in [0, 0.1) is 6.92 Å². The number of nitrogens with one attached hydrogen (secondary N) is 1. The minimum Gasteiger partial charge on any atom is -0.497 e. The number of amides is 1. The van der Waals surface area contributed by atoms with Gasteiger partial charge in [0.05, 0.1) is 30.3 Å². The Kier molecular flexibility index (Phi) is 8.94. The third kappa shape index (κ3) is 6.61. The minimum absolute atomic E-state index is 0.0732. The highest BCUT2D eigenvalue weighted by molar-refractivity contribution is 7.92. The number of sulfonamides is 1. The zero-order chi connectivity index (χ0) is 28.0. The summed E-state index contributed by atoms with van der Waals surface area (Å²) in [4.78, 5) is 13.2. The van der Waals surface area contributed by atoms with E-state index in [2.05, 4.69) is 5.32 Å². The van der Waals surface area contributed by atoms with Gasteiger partial charge in [-0.05, 0) is 78.6 Å². The summed E-state index contributed by atoms with van der Waals surface area (Å²) in [6.45, 7) is 3.93. The van der Waals surface area contributed by atoms with Crippen LogP contribution in [0.25, 0.3) is 0 Å². The molecule has 8 heteroatoms. The van der Waals surface area contributed by atoms with Crippen molar-refractivity contribution in [3.8, 4) is 5.75 Å². The van der Waals surface area contributed by atoms with Crippen LogP contribution in [0.2, 0.25) is 5.02 Å². The second-order valence-corrected chi connectivity index (χ2v) is 11.5. The third-order valence-corrected chi connectivity index (χ3v) is 8.55.